The van der Waals surface area contributed by atoms with Gasteiger partial charge >= 0.3 is 0 Å². The lowest BCUT2D eigenvalue weighted by atomic mass is 10.1. The molecule has 0 aliphatic rings. The summed E-state index contributed by atoms with van der Waals surface area (Å²) in [6.07, 6.45) is 3.39. The number of hydrogen-bond donors (Lipinski definition) is 1. The molecule has 11 heavy (non-hydrogen) atoms. The van der Waals surface area contributed by atoms with E-state index in [4.69, 9.17) is 0 Å². The standard InChI is InChI=1S/C8H11NO2/c1-3-5-9-8(11)7(4-2)6-10/h3-4,6-7H,1-2,5H2,(H,9,11). The summed E-state index contributed by atoms with van der Waals surface area (Å²) in [5, 5.41) is 2.47. The van der Waals surface area contributed by atoms with Crippen molar-refractivity contribution in [2.24, 2.45) is 5.92 Å². The van der Waals surface area contributed by atoms with Gasteiger partial charge in [-0.05, 0) is 0 Å². The van der Waals surface area contributed by atoms with Crippen LogP contribution in [0.5, 0.6) is 0 Å². The lowest BCUT2D eigenvalue weighted by molar-refractivity contribution is -0.127. The maximum absolute atomic E-state index is 10.9. The van der Waals surface area contributed by atoms with E-state index in [0.29, 0.717) is 12.8 Å². The van der Waals surface area contributed by atoms with Crippen LogP contribution in [0, 0.1) is 5.92 Å². The predicted octanol–water partition coefficient (Wildman–Crippen LogP) is 0.290. The molecule has 0 aliphatic heterocycles. The first kappa shape index (κ1) is 9.62. The molecular weight excluding hydrogens is 142 g/mol. The normalized spacial score (nSPS) is 11.3. The molecule has 1 amide bonds. The first-order chi connectivity index (χ1) is 5.26. The fourth-order valence-corrected chi connectivity index (χ4v) is 0.515. The van der Waals surface area contributed by atoms with E-state index < -0.39 is 5.92 Å². The zero-order chi connectivity index (χ0) is 8.69. The van der Waals surface area contributed by atoms with Crippen LogP contribution in [0.15, 0.2) is 25.3 Å². The second-order valence-corrected chi connectivity index (χ2v) is 1.93. The zero-order valence-corrected chi connectivity index (χ0v) is 6.25. The van der Waals surface area contributed by atoms with Gasteiger partial charge in [0.2, 0.25) is 5.91 Å². The van der Waals surface area contributed by atoms with Gasteiger partial charge in [-0.25, -0.2) is 0 Å². The molecule has 1 atom stereocenters. The van der Waals surface area contributed by atoms with Gasteiger partial charge < -0.3 is 10.1 Å². The van der Waals surface area contributed by atoms with Crippen molar-refractivity contribution in [1.29, 1.82) is 0 Å². The van der Waals surface area contributed by atoms with Crippen molar-refractivity contribution in [3.63, 3.8) is 0 Å². The van der Waals surface area contributed by atoms with Crippen LogP contribution in [0.1, 0.15) is 0 Å². The maximum atomic E-state index is 10.9. The first-order valence-corrected chi connectivity index (χ1v) is 3.22. The van der Waals surface area contributed by atoms with Crippen LogP contribution in [0.3, 0.4) is 0 Å². The Labute approximate surface area is 65.8 Å². The molecule has 0 saturated heterocycles. The van der Waals surface area contributed by atoms with Crippen molar-refractivity contribution in [1.82, 2.24) is 5.32 Å². The van der Waals surface area contributed by atoms with E-state index in [1.54, 1.807) is 6.08 Å². The highest BCUT2D eigenvalue weighted by Crippen LogP contribution is 1.91. The van der Waals surface area contributed by atoms with E-state index in [0.717, 1.165) is 0 Å². The Bertz CT molecular complexity index is 167. The minimum absolute atomic E-state index is 0.338. The van der Waals surface area contributed by atoms with E-state index in [2.05, 4.69) is 18.5 Å². The maximum Gasteiger partial charge on any atom is 0.234 e. The third-order valence-corrected chi connectivity index (χ3v) is 1.12. The molecule has 0 radical (unpaired) electrons. The fourth-order valence-electron chi connectivity index (χ4n) is 0.515. The third-order valence-electron chi connectivity index (χ3n) is 1.12. The number of rotatable bonds is 5. The Hall–Kier alpha value is -1.38. The molecule has 0 aliphatic carbocycles. The molecular formula is C8H11NO2. The molecule has 0 bridgehead atoms. The molecule has 0 rings (SSSR count). The molecule has 1 N–H and O–H groups in total. The van der Waals surface area contributed by atoms with Crippen LogP contribution >= 0.6 is 0 Å². The van der Waals surface area contributed by atoms with E-state index in [1.807, 2.05) is 0 Å². The third kappa shape index (κ3) is 3.35. The molecule has 0 fully saturated rings. The lowest BCUT2D eigenvalue weighted by Gasteiger charge is -2.03. The quantitative estimate of drug-likeness (QED) is 0.350. The Morgan fingerprint density at radius 1 is 1.55 bits per heavy atom. The van der Waals surface area contributed by atoms with Crippen LogP contribution in [0.4, 0.5) is 0 Å². The Kier molecular flexibility index (Phi) is 4.73. The Morgan fingerprint density at radius 2 is 2.18 bits per heavy atom. The number of hydrogen-bond acceptors (Lipinski definition) is 2. The van der Waals surface area contributed by atoms with Crippen LogP contribution < -0.4 is 5.32 Å². The van der Waals surface area contributed by atoms with Gasteiger partial charge in [-0.3, -0.25) is 4.79 Å². The second kappa shape index (κ2) is 5.41. The van der Waals surface area contributed by atoms with Gasteiger partial charge in [0.05, 0.1) is 0 Å². The molecule has 60 valence electrons. The monoisotopic (exact) mass is 153 g/mol. The molecule has 3 heteroatoms. The van der Waals surface area contributed by atoms with E-state index in [1.165, 1.54) is 6.08 Å². The van der Waals surface area contributed by atoms with Gasteiger partial charge in [0, 0.05) is 6.54 Å². The van der Waals surface area contributed by atoms with E-state index in [-0.39, 0.29) is 5.91 Å². The van der Waals surface area contributed by atoms with Crippen LogP contribution in [0.25, 0.3) is 0 Å². The molecule has 0 aromatic carbocycles. The SMILES string of the molecule is C=CCNC(=O)C(C=C)C=O. The number of carbonyl (C=O) groups excluding carboxylic acids is 2. The summed E-state index contributed by atoms with van der Waals surface area (Å²) in [6.45, 7) is 7.13. The van der Waals surface area contributed by atoms with Crippen molar-refractivity contribution < 1.29 is 9.59 Å². The van der Waals surface area contributed by atoms with Gasteiger partial charge in [0.25, 0.3) is 0 Å². The van der Waals surface area contributed by atoms with Crippen molar-refractivity contribution in [3.05, 3.63) is 25.3 Å². The predicted molar refractivity (Wildman–Crippen MR) is 43.0 cm³/mol. The van der Waals surface area contributed by atoms with Crippen LogP contribution in [-0.2, 0) is 9.59 Å². The van der Waals surface area contributed by atoms with Crippen molar-refractivity contribution >= 4 is 12.2 Å². The largest absolute Gasteiger partial charge is 0.352 e. The minimum Gasteiger partial charge on any atom is -0.352 e. The molecule has 0 aromatic heterocycles. The topological polar surface area (TPSA) is 46.2 Å². The second-order valence-electron chi connectivity index (χ2n) is 1.93. The average Bonchev–Trinajstić information content (AvgIpc) is 2.03. The molecule has 0 spiro atoms. The number of aldehydes is 1. The average molecular weight is 153 g/mol. The van der Waals surface area contributed by atoms with E-state index in [9.17, 15) is 9.59 Å². The zero-order valence-electron chi connectivity index (χ0n) is 6.25. The smallest absolute Gasteiger partial charge is 0.234 e. The summed E-state index contributed by atoms with van der Waals surface area (Å²) < 4.78 is 0. The van der Waals surface area contributed by atoms with Crippen molar-refractivity contribution in [2.75, 3.05) is 6.54 Å². The van der Waals surface area contributed by atoms with Gasteiger partial charge in [0.15, 0.2) is 0 Å². The Morgan fingerprint density at radius 3 is 2.55 bits per heavy atom. The number of amides is 1. The highest BCUT2D eigenvalue weighted by atomic mass is 16.2. The van der Waals surface area contributed by atoms with Gasteiger partial charge in [-0.2, -0.15) is 0 Å². The minimum atomic E-state index is -0.741. The van der Waals surface area contributed by atoms with E-state index >= 15 is 0 Å². The van der Waals surface area contributed by atoms with Gasteiger partial charge in [-0.1, -0.05) is 12.2 Å². The lowest BCUT2D eigenvalue weighted by Crippen LogP contribution is -2.30. The summed E-state index contributed by atoms with van der Waals surface area (Å²) >= 11 is 0. The van der Waals surface area contributed by atoms with Crippen LogP contribution in [-0.4, -0.2) is 18.7 Å². The number of carbonyl (C=O) groups is 2. The van der Waals surface area contributed by atoms with Crippen LogP contribution in [0.2, 0.25) is 0 Å². The fraction of sp³-hybridized carbons (Fsp3) is 0.250. The summed E-state index contributed by atoms with van der Waals surface area (Å²) in [5.41, 5.74) is 0. The van der Waals surface area contributed by atoms with Crippen molar-refractivity contribution in [3.8, 4) is 0 Å². The van der Waals surface area contributed by atoms with Crippen molar-refractivity contribution in [2.45, 2.75) is 0 Å². The summed E-state index contributed by atoms with van der Waals surface area (Å²) in [4.78, 5) is 21.1. The summed E-state index contributed by atoms with van der Waals surface area (Å²) in [5.74, 6) is -1.08. The van der Waals surface area contributed by atoms with Gasteiger partial charge in [-0.15, -0.1) is 13.2 Å². The summed E-state index contributed by atoms with van der Waals surface area (Å²) in [7, 11) is 0. The molecule has 3 nitrogen and oxygen atoms in total. The number of nitrogens with one attached hydrogen (secondary N) is 1. The molecule has 0 aromatic rings. The molecule has 1 unspecified atom stereocenters. The van der Waals surface area contributed by atoms with Gasteiger partial charge in [0.1, 0.15) is 12.2 Å². The highest BCUT2D eigenvalue weighted by Gasteiger charge is 2.10. The molecule has 0 saturated carbocycles. The Balaban J connectivity index is 3.88. The highest BCUT2D eigenvalue weighted by molar-refractivity contribution is 5.93. The first-order valence-electron chi connectivity index (χ1n) is 3.22. The molecule has 0 heterocycles. The summed E-state index contributed by atoms with van der Waals surface area (Å²) in [6, 6.07) is 0.